The summed E-state index contributed by atoms with van der Waals surface area (Å²) in [7, 11) is 1.43. The van der Waals surface area contributed by atoms with Gasteiger partial charge in [-0.15, -0.1) is 0 Å². The molecule has 1 aromatic carbocycles. The van der Waals surface area contributed by atoms with Gasteiger partial charge < -0.3 is 25.0 Å². The van der Waals surface area contributed by atoms with E-state index in [-0.39, 0.29) is 6.09 Å². The Morgan fingerprint density at radius 2 is 1.96 bits per heavy atom. The molecule has 1 saturated carbocycles. The summed E-state index contributed by atoms with van der Waals surface area (Å²) in [6.45, 7) is 5.62. The molecule has 0 radical (unpaired) electrons. The molecule has 0 atom stereocenters. The minimum atomic E-state index is -0.248. The maximum absolute atomic E-state index is 11.6. The van der Waals surface area contributed by atoms with Crippen LogP contribution in [0, 0.1) is 5.92 Å². The minimum Gasteiger partial charge on any atom is -0.493 e. The van der Waals surface area contributed by atoms with Crippen molar-refractivity contribution in [1.29, 1.82) is 0 Å². The van der Waals surface area contributed by atoms with E-state index >= 15 is 0 Å². The molecule has 0 bridgehead atoms. The number of hydrogen-bond donors (Lipinski definition) is 2. The van der Waals surface area contributed by atoms with E-state index in [1.54, 1.807) is 4.90 Å². The monoisotopic (exact) mass is 388 g/mol. The first-order chi connectivity index (χ1) is 13.7. The lowest BCUT2D eigenvalue weighted by atomic mass is 10.1. The summed E-state index contributed by atoms with van der Waals surface area (Å²) in [5.74, 6) is 2.46. The van der Waals surface area contributed by atoms with Gasteiger partial charge in [-0.2, -0.15) is 0 Å². The van der Waals surface area contributed by atoms with Gasteiger partial charge in [0.2, 0.25) is 0 Å². The highest BCUT2D eigenvalue weighted by Crippen LogP contribution is 2.30. The zero-order chi connectivity index (χ0) is 19.8. The van der Waals surface area contributed by atoms with Crippen molar-refractivity contribution in [2.24, 2.45) is 10.9 Å². The zero-order valence-corrected chi connectivity index (χ0v) is 16.9. The Hall–Kier alpha value is -2.44. The number of nitrogens with zero attached hydrogens (tertiary/aromatic N) is 2. The number of likely N-dealkylation sites (tertiary alicyclic amines) is 1. The third-order valence-corrected chi connectivity index (χ3v) is 5.16. The number of benzene rings is 1. The lowest BCUT2D eigenvalue weighted by molar-refractivity contribution is 0.111. The first-order valence-corrected chi connectivity index (χ1v) is 10.3. The molecule has 1 aliphatic carbocycles. The Kier molecular flexibility index (Phi) is 7.39. The average molecular weight is 389 g/mol. The van der Waals surface area contributed by atoms with Crippen molar-refractivity contribution < 1.29 is 14.3 Å². The molecule has 154 valence electrons. The topological polar surface area (TPSA) is 75.2 Å². The van der Waals surface area contributed by atoms with Crippen molar-refractivity contribution in [3.63, 3.8) is 0 Å². The second-order valence-corrected chi connectivity index (χ2v) is 7.43. The maximum Gasteiger partial charge on any atom is 0.409 e. The van der Waals surface area contributed by atoms with Crippen molar-refractivity contribution in [2.45, 2.75) is 45.2 Å². The molecule has 1 saturated heterocycles. The van der Waals surface area contributed by atoms with Crippen LogP contribution in [0.4, 0.5) is 4.79 Å². The van der Waals surface area contributed by atoms with Crippen LogP contribution in [-0.4, -0.2) is 56.3 Å². The molecular weight excluding hydrogens is 356 g/mol. The van der Waals surface area contributed by atoms with Gasteiger partial charge in [-0.3, -0.25) is 0 Å². The quantitative estimate of drug-likeness (QED) is 0.555. The molecule has 1 aromatic rings. The fourth-order valence-corrected chi connectivity index (χ4v) is 3.28. The van der Waals surface area contributed by atoms with Gasteiger partial charge in [-0.05, 0) is 44.6 Å². The number of piperidine rings is 1. The van der Waals surface area contributed by atoms with Crippen molar-refractivity contribution >= 4 is 12.1 Å². The number of para-hydroxylation sites is 1. The molecule has 7 heteroatoms. The number of carbonyl (C=O) groups is 1. The predicted molar refractivity (Wildman–Crippen MR) is 110 cm³/mol. The zero-order valence-electron chi connectivity index (χ0n) is 16.9. The lowest BCUT2D eigenvalue weighted by Gasteiger charge is -2.32. The minimum absolute atomic E-state index is 0.248. The number of guanidine groups is 1. The van der Waals surface area contributed by atoms with Crippen LogP contribution in [0.25, 0.3) is 0 Å². The Balaban J connectivity index is 1.55. The van der Waals surface area contributed by atoms with Crippen molar-refractivity contribution in [3.05, 3.63) is 29.8 Å². The molecule has 2 N–H and O–H groups in total. The van der Waals surface area contributed by atoms with E-state index in [0.717, 1.165) is 49.2 Å². The van der Waals surface area contributed by atoms with E-state index in [0.29, 0.717) is 25.7 Å². The molecule has 1 amide bonds. The van der Waals surface area contributed by atoms with Crippen LogP contribution in [0.15, 0.2) is 29.3 Å². The van der Waals surface area contributed by atoms with Crippen molar-refractivity contribution in [2.75, 3.05) is 33.4 Å². The highest BCUT2D eigenvalue weighted by Gasteiger charge is 2.24. The molecule has 7 nitrogen and oxygen atoms in total. The molecule has 3 rings (SSSR count). The van der Waals surface area contributed by atoms with E-state index in [1.165, 1.54) is 20.0 Å². The number of rotatable bonds is 7. The van der Waals surface area contributed by atoms with Crippen LogP contribution < -0.4 is 15.4 Å². The standard InChI is InChI=1S/C21H32N4O3/c1-3-22-20(24-18-10-12-25(13-11-18)21(26)27-2)23-14-17-6-4-5-7-19(17)28-15-16-8-9-16/h4-7,16,18H,3,8-15H2,1-2H3,(H2,22,23,24). The lowest BCUT2D eigenvalue weighted by Crippen LogP contribution is -2.49. The van der Waals surface area contributed by atoms with Crippen LogP contribution in [0.3, 0.4) is 0 Å². The third kappa shape index (κ3) is 6.04. The Morgan fingerprint density at radius 3 is 2.64 bits per heavy atom. The molecular formula is C21H32N4O3. The van der Waals surface area contributed by atoms with Crippen LogP contribution in [0.1, 0.15) is 38.2 Å². The summed E-state index contributed by atoms with van der Waals surface area (Å²) in [5, 5.41) is 6.82. The number of nitrogens with one attached hydrogen (secondary N) is 2. The van der Waals surface area contributed by atoms with Gasteiger partial charge in [-0.1, -0.05) is 18.2 Å². The largest absolute Gasteiger partial charge is 0.493 e. The number of amides is 1. The number of hydrogen-bond acceptors (Lipinski definition) is 4. The first kappa shape index (κ1) is 20.3. The van der Waals surface area contributed by atoms with E-state index in [1.807, 2.05) is 18.2 Å². The maximum atomic E-state index is 11.6. The normalized spacial score (nSPS) is 17.9. The molecule has 1 aliphatic heterocycles. The van der Waals surface area contributed by atoms with Crippen molar-refractivity contribution in [1.82, 2.24) is 15.5 Å². The second-order valence-electron chi connectivity index (χ2n) is 7.43. The van der Waals surface area contributed by atoms with Gasteiger partial charge in [0.25, 0.3) is 0 Å². The van der Waals surface area contributed by atoms with Gasteiger partial charge >= 0.3 is 6.09 Å². The highest BCUT2D eigenvalue weighted by molar-refractivity contribution is 5.80. The Labute approximate surface area is 167 Å². The van der Waals surface area contributed by atoms with Gasteiger partial charge in [0, 0.05) is 31.2 Å². The summed E-state index contributed by atoms with van der Waals surface area (Å²) in [6, 6.07) is 8.42. The molecule has 0 aromatic heterocycles. The number of methoxy groups -OCH3 is 1. The summed E-state index contributed by atoms with van der Waals surface area (Å²) in [4.78, 5) is 18.1. The average Bonchev–Trinajstić information content (AvgIpc) is 3.56. The fraction of sp³-hybridized carbons (Fsp3) is 0.619. The number of aliphatic imine (C=N–C) groups is 1. The first-order valence-electron chi connectivity index (χ1n) is 10.3. The van der Waals surface area contributed by atoms with Crippen molar-refractivity contribution in [3.8, 4) is 5.75 Å². The van der Waals surface area contributed by atoms with E-state index < -0.39 is 0 Å². The van der Waals surface area contributed by atoms with Crippen LogP contribution in [0.5, 0.6) is 5.75 Å². The van der Waals surface area contributed by atoms with Gasteiger partial charge in [0.1, 0.15) is 5.75 Å². The summed E-state index contributed by atoms with van der Waals surface area (Å²) >= 11 is 0. The number of carbonyl (C=O) groups excluding carboxylic acids is 1. The molecule has 0 spiro atoms. The highest BCUT2D eigenvalue weighted by atomic mass is 16.5. The molecule has 2 fully saturated rings. The third-order valence-electron chi connectivity index (χ3n) is 5.16. The van der Waals surface area contributed by atoms with Gasteiger partial charge in [0.15, 0.2) is 5.96 Å². The molecule has 2 aliphatic rings. The molecule has 28 heavy (non-hydrogen) atoms. The van der Waals surface area contributed by atoms with Crippen LogP contribution in [0.2, 0.25) is 0 Å². The van der Waals surface area contributed by atoms with E-state index in [4.69, 9.17) is 14.5 Å². The van der Waals surface area contributed by atoms with Gasteiger partial charge in [-0.25, -0.2) is 9.79 Å². The summed E-state index contributed by atoms with van der Waals surface area (Å²) in [5.41, 5.74) is 1.10. The smallest absolute Gasteiger partial charge is 0.409 e. The molecule has 1 heterocycles. The second kappa shape index (κ2) is 10.2. The Bertz CT molecular complexity index is 667. The summed E-state index contributed by atoms with van der Waals surface area (Å²) < 4.78 is 10.8. The van der Waals surface area contributed by atoms with E-state index in [2.05, 4.69) is 23.6 Å². The molecule has 0 unspecified atom stereocenters. The SMILES string of the molecule is CCNC(=NCc1ccccc1OCC1CC1)NC1CCN(C(=O)OC)CC1. The summed E-state index contributed by atoms with van der Waals surface area (Å²) in [6.07, 6.45) is 4.07. The van der Waals surface area contributed by atoms with E-state index in [9.17, 15) is 4.79 Å². The van der Waals surface area contributed by atoms with Crippen LogP contribution >= 0.6 is 0 Å². The van der Waals surface area contributed by atoms with Crippen LogP contribution in [-0.2, 0) is 11.3 Å². The van der Waals surface area contributed by atoms with Gasteiger partial charge in [0.05, 0.1) is 20.3 Å². The fourth-order valence-electron chi connectivity index (χ4n) is 3.28. The number of ether oxygens (including phenoxy) is 2. The Morgan fingerprint density at radius 1 is 1.21 bits per heavy atom. The predicted octanol–water partition coefficient (Wildman–Crippen LogP) is 2.76.